The number of aliphatic carboxylic acids is 1. The molecule has 2 heterocycles. The average Bonchev–Trinajstić information content (AvgIpc) is 2.69. The number of aromatic nitrogens is 3. The minimum Gasteiger partial charge on any atom is -0.480 e. The molecule has 0 radical (unpaired) electrons. The molecule has 0 aliphatic carbocycles. The van der Waals surface area contributed by atoms with E-state index in [1.165, 1.54) is 0 Å². The van der Waals surface area contributed by atoms with Gasteiger partial charge in [0, 0.05) is 19.4 Å². The molecule has 1 N–H and O–H groups in total. The SMILES string of the molecule is CN(C)CCc1nnc2n1C(C(=O)O)CCC2. The van der Waals surface area contributed by atoms with Crippen LogP contribution < -0.4 is 0 Å². The normalized spacial score (nSPS) is 19.4. The van der Waals surface area contributed by atoms with E-state index in [9.17, 15) is 9.90 Å². The number of carbonyl (C=O) groups is 1. The van der Waals surface area contributed by atoms with Gasteiger partial charge in [-0.2, -0.15) is 0 Å². The van der Waals surface area contributed by atoms with E-state index in [0.29, 0.717) is 6.42 Å². The zero-order chi connectivity index (χ0) is 12.4. The van der Waals surface area contributed by atoms with E-state index >= 15 is 0 Å². The number of hydrogen-bond donors (Lipinski definition) is 1. The van der Waals surface area contributed by atoms with E-state index in [2.05, 4.69) is 15.1 Å². The molecule has 0 aromatic carbocycles. The van der Waals surface area contributed by atoms with Crippen LogP contribution in [0.3, 0.4) is 0 Å². The van der Waals surface area contributed by atoms with Crippen molar-refractivity contribution in [1.29, 1.82) is 0 Å². The van der Waals surface area contributed by atoms with Gasteiger partial charge in [-0.05, 0) is 26.9 Å². The molecular weight excluding hydrogens is 220 g/mol. The molecular formula is C11H18N4O2. The van der Waals surface area contributed by atoms with Crippen LogP contribution >= 0.6 is 0 Å². The summed E-state index contributed by atoms with van der Waals surface area (Å²) in [6, 6.07) is -0.481. The Labute approximate surface area is 100 Å². The van der Waals surface area contributed by atoms with Crippen LogP contribution in [0.25, 0.3) is 0 Å². The highest BCUT2D eigenvalue weighted by atomic mass is 16.4. The Kier molecular flexibility index (Phi) is 3.42. The van der Waals surface area contributed by atoms with Gasteiger partial charge >= 0.3 is 5.97 Å². The third kappa shape index (κ3) is 2.46. The van der Waals surface area contributed by atoms with Gasteiger partial charge in [-0.15, -0.1) is 10.2 Å². The van der Waals surface area contributed by atoms with Gasteiger partial charge in [0.2, 0.25) is 0 Å². The van der Waals surface area contributed by atoms with Gasteiger partial charge in [0.05, 0.1) is 0 Å². The molecule has 1 aromatic rings. The highest BCUT2D eigenvalue weighted by molar-refractivity contribution is 5.72. The van der Waals surface area contributed by atoms with Gasteiger partial charge in [0.1, 0.15) is 17.7 Å². The van der Waals surface area contributed by atoms with Crippen molar-refractivity contribution >= 4 is 5.97 Å². The Morgan fingerprint density at radius 3 is 2.94 bits per heavy atom. The smallest absolute Gasteiger partial charge is 0.326 e. The summed E-state index contributed by atoms with van der Waals surface area (Å²) in [6.45, 7) is 0.852. The van der Waals surface area contributed by atoms with Crippen molar-refractivity contribution < 1.29 is 9.90 Å². The lowest BCUT2D eigenvalue weighted by atomic mass is 10.0. The number of carboxylic acids is 1. The lowest BCUT2D eigenvalue weighted by Gasteiger charge is -2.22. The fourth-order valence-electron chi connectivity index (χ4n) is 2.20. The fourth-order valence-corrected chi connectivity index (χ4v) is 2.20. The summed E-state index contributed by atoms with van der Waals surface area (Å²) in [7, 11) is 3.98. The predicted molar refractivity (Wildman–Crippen MR) is 61.9 cm³/mol. The third-order valence-corrected chi connectivity index (χ3v) is 3.09. The van der Waals surface area contributed by atoms with E-state index in [-0.39, 0.29) is 0 Å². The number of carboxylic acid groups (broad SMARTS) is 1. The van der Waals surface area contributed by atoms with Gasteiger partial charge in [-0.1, -0.05) is 0 Å². The Balaban J connectivity index is 2.24. The zero-order valence-electron chi connectivity index (χ0n) is 10.3. The van der Waals surface area contributed by atoms with Gasteiger partial charge in [0.15, 0.2) is 0 Å². The van der Waals surface area contributed by atoms with Crippen LogP contribution in [0.15, 0.2) is 0 Å². The van der Waals surface area contributed by atoms with Crippen molar-refractivity contribution in [2.24, 2.45) is 0 Å². The quantitative estimate of drug-likeness (QED) is 0.819. The molecule has 94 valence electrons. The minimum atomic E-state index is -0.781. The first-order valence-electron chi connectivity index (χ1n) is 5.90. The molecule has 6 nitrogen and oxygen atoms in total. The first-order valence-corrected chi connectivity index (χ1v) is 5.90. The Morgan fingerprint density at radius 1 is 1.53 bits per heavy atom. The number of hydrogen-bond acceptors (Lipinski definition) is 4. The molecule has 17 heavy (non-hydrogen) atoms. The second kappa shape index (κ2) is 4.83. The molecule has 0 saturated heterocycles. The van der Waals surface area contributed by atoms with Crippen LogP contribution in [0.2, 0.25) is 0 Å². The van der Waals surface area contributed by atoms with Gasteiger partial charge in [0.25, 0.3) is 0 Å². The summed E-state index contributed by atoms with van der Waals surface area (Å²) in [5, 5.41) is 17.4. The van der Waals surface area contributed by atoms with E-state index in [4.69, 9.17) is 0 Å². The maximum Gasteiger partial charge on any atom is 0.326 e. The lowest BCUT2D eigenvalue weighted by Crippen LogP contribution is -2.27. The zero-order valence-corrected chi connectivity index (χ0v) is 10.3. The van der Waals surface area contributed by atoms with Crippen LogP contribution in [0.4, 0.5) is 0 Å². The molecule has 0 spiro atoms. The van der Waals surface area contributed by atoms with E-state index in [0.717, 1.165) is 37.5 Å². The lowest BCUT2D eigenvalue weighted by molar-refractivity contribution is -0.141. The molecule has 1 atom stereocenters. The van der Waals surface area contributed by atoms with Crippen LogP contribution in [-0.4, -0.2) is 51.4 Å². The summed E-state index contributed by atoms with van der Waals surface area (Å²) in [5.74, 6) is 0.829. The van der Waals surface area contributed by atoms with Gasteiger partial charge in [-0.3, -0.25) is 0 Å². The number of nitrogens with zero attached hydrogens (tertiary/aromatic N) is 4. The number of aryl methyl sites for hydroxylation is 1. The van der Waals surface area contributed by atoms with Crippen molar-refractivity contribution in [3.05, 3.63) is 11.6 Å². The predicted octanol–water partition coefficient (Wildman–Crippen LogP) is 0.344. The molecule has 0 fully saturated rings. The maximum atomic E-state index is 11.2. The summed E-state index contributed by atoms with van der Waals surface area (Å²) in [5.41, 5.74) is 0. The number of fused-ring (bicyclic) bond motifs is 1. The summed E-state index contributed by atoms with van der Waals surface area (Å²) >= 11 is 0. The van der Waals surface area contributed by atoms with E-state index in [1.807, 2.05) is 18.7 Å². The Morgan fingerprint density at radius 2 is 2.29 bits per heavy atom. The first kappa shape index (κ1) is 12.0. The number of likely N-dealkylation sites (N-methyl/N-ethyl adjacent to an activating group) is 1. The summed E-state index contributed by atoms with van der Waals surface area (Å²) in [6.07, 6.45) is 3.13. The van der Waals surface area contributed by atoms with Crippen molar-refractivity contribution in [3.8, 4) is 0 Å². The van der Waals surface area contributed by atoms with Crippen molar-refractivity contribution in [2.45, 2.75) is 31.7 Å². The summed E-state index contributed by atoms with van der Waals surface area (Å²) < 4.78 is 1.81. The molecule has 0 amide bonds. The van der Waals surface area contributed by atoms with Crippen molar-refractivity contribution in [3.63, 3.8) is 0 Å². The molecule has 2 rings (SSSR count). The fraction of sp³-hybridized carbons (Fsp3) is 0.727. The monoisotopic (exact) mass is 238 g/mol. The molecule has 1 aliphatic heterocycles. The molecule has 0 bridgehead atoms. The largest absolute Gasteiger partial charge is 0.480 e. The van der Waals surface area contributed by atoms with Crippen molar-refractivity contribution in [2.75, 3.05) is 20.6 Å². The van der Waals surface area contributed by atoms with Crippen molar-refractivity contribution in [1.82, 2.24) is 19.7 Å². The molecule has 6 heteroatoms. The van der Waals surface area contributed by atoms with Gasteiger partial charge < -0.3 is 14.6 Å². The maximum absolute atomic E-state index is 11.2. The Hall–Kier alpha value is -1.43. The first-order chi connectivity index (χ1) is 8.09. The highest BCUT2D eigenvalue weighted by Crippen LogP contribution is 2.25. The van der Waals surface area contributed by atoms with Crippen LogP contribution in [-0.2, 0) is 17.6 Å². The average molecular weight is 238 g/mol. The van der Waals surface area contributed by atoms with Crippen LogP contribution in [0, 0.1) is 0 Å². The minimum absolute atomic E-state index is 0.481. The van der Waals surface area contributed by atoms with Crippen LogP contribution in [0.5, 0.6) is 0 Å². The second-order valence-corrected chi connectivity index (χ2v) is 4.70. The standard InChI is InChI=1S/C11H18N4O2/c1-14(2)7-6-10-13-12-9-5-3-4-8(11(16)17)15(9)10/h8H,3-7H2,1-2H3,(H,16,17). The number of rotatable bonds is 4. The summed E-state index contributed by atoms with van der Waals surface area (Å²) in [4.78, 5) is 13.3. The van der Waals surface area contributed by atoms with Gasteiger partial charge in [-0.25, -0.2) is 4.79 Å². The molecule has 1 aromatic heterocycles. The highest BCUT2D eigenvalue weighted by Gasteiger charge is 2.29. The third-order valence-electron chi connectivity index (χ3n) is 3.09. The Bertz CT molecular complexity index is 414. The van der Waals surface area contributed by atoms with E-state index in [1.54, 1.807) is 0 Å². The topological polar surface area (TPSA) is 71.2 Å². The molecule has 1 aliphatic rings. The van der Waals surface area contributed by atoms with Crippen LogP contribution in [0.1, 0.15) is 30.5 Å². The van der Waals surface area contributed by atoms with E-state index < -0.39 is 12.0 Å². The molecule has 1 unspecified atom stereocenters. The molecule has 0 saturated carbocycles. The second-order valence-electron chi connectivity index (χ2n) is 4.70.